The summed E-state index contributed by atoms with van der Waals surface area (Å²) in [6.07, 6.45) is 3.10. The van der Waals surface area contributed by atoms with E-state index in [1.165, 1.54) is 24.2 Å². The molecule has 0 fully saturated rings. The molecule has 0 aliphatic heterocycles. The molecular formula is C12H11FN4S. The topological polar surface area (TPSA) is 75.7 Å². The number of rotatable bonds is 4. The molecule has 3 N–H and O–H groups in total. The van der Waals surface area contributed by atoms with Gasteiger partial charge in [0, 0.05) is 17.5 Å². The van der Waals surface area contributed by atoms with Gasteiger partial charge in [0.15, 0.2) is 0 Å². The average Bonchev–Trinajstić information content (AvgIpc) is 2.38. The molecule has 6 heteroatoms. The zero-order valence-electron chi connectivity index (χ0n) is 9.43. The van der Waals surface area contributed by atoms with Crippen LogP contribution in [0.5, 0.6) is 0 Å². The number of halogens is 1. The Morgan fingerprint density at radius 2 is 2.22 bits per heavy atom. The van der Waals surface area contributed by atoms with E-state index >= 15 is 0 Å². The predicted molar refractivity (Wildman–Crippen MR) is 69.0 cm³/mol. The van der Waals surface area contributed by atoms with E-state index in [9.17, 15) is 4.39 Å². The van der Waals surface area contributed by atoms with Crippen molar-refractivity contribution in [2.75, 3.05) is 0 Å². The largest absolute Gasteiger partial charge is 0.384 e. The third-order valence-electron chi connectivity index (χ3n) is 2.29. The number of nitrogens with one attached hydrogen (secondary N) is 1. The van der Waals surface area contributed by atoms with Gasteiger partial charge in [0.25, 0.3) is 0 Å². The number of benzene rings is 1. The second-order valence-electron chi connectivity index (χ2n) is 3.56. The van der Waals surface area contributed by atoms with Gasteiger partial charge in [-0.25, -0.2) is 14.4 Å². The fourth-order valence-corrected chi connectivity index (χ4v) is 2.16. The molecule has 0 atom stereocenters. The lowest BCUT2D eigenvalue weighted by atomic mass is 10.1. The minimum Gasteiger partial charge on any atom is -0.384 e. The van der Waals surface area contributed by atoms with Gasteiger partial charge in [0.2, 0.25) is 0 Å². The van der Waals surface area contributed by atoms with Crippen LogP contribution in [0.3, 0.4) is 0 Å². The Kier molecular flexibility index (Phi) is 3.88. The summed E-state index contributed by atoms with van der Waals surface area (Å²) in [5, 5.41) is 8.02. The molecular weight excluding hydrogens is 251 g/mol. The van der Waals surface area contributed by atoms with Crippen molar-refractivity contribution in [3.05, 3.63) is 53.7 Å². The lowest BCUT2D eigenvalue weighted by Crippen LogP contribution is -2.11. The molecule has 0 unspecified atom stereocenters. The molecule has 92 valence electrons. The van der Waals surface area contributed by atoms with Gasteiger partial charge >= 0.3 is 0 Å². The standard InChI is InChI=1S/C12H11FN4S/c13-10-5-8(12(14)15)1-2-9(10)6-18-11-3-4-16-7-17-11/h1-5,7H,6H2,(H3,14,15). The number of nitrogens with two attached hydrogens (primary N) is 1. The van der Waals surface area contributed by atoms with Gasteiger partial charge in [0.1, 0.15) is 18.0 Å². The van der Waals surface area contributed by atoms with Crippen molar-refractivity contribution in [1.82, 2.24) is 9.97 Å². The van der Waals surface area contributed by atoms with Crippen molar-refractivity contribution in [2.45, 2.75) is 10.8 Å². The first-order chi connectivity index (χ1) is 8.66. The Bertz CT molecular complexity index is 559. The first-order valence-corrected chi connectivity index (χ1v) is 6.17. The van der Waals surface area contributed by atoms with E-state index in [4.69, 9.17) is 11.1 Å². The van der Waals surface area contributed by atoms with E-state index in [0.717, 1.165) is 5.03 Å². The van der Waals surface area contributed by atoms with Crippen molar-refractivity contribution in [3.63, 3.8) is 0 Å². The van der Waals surface area contributed by atoms with Gasteiger partial charge in [-0.05, 0) is 17.7 Å². The molecule has 0 bridgehead atoms. The molecule has 1 heterocycles. The summed E-state index contributed by atoms with van der Waals surface area (Å²) in [5.41, 5.74) is 6.24. The van der Waals surface area contributed by atoms with Crippen LogP contribution < -0.4 is 5.73 Å². The van der Waals surface area contributed by atoms with Gasteiger partial charge in [-0.3, -0.25) is 5.41 Å². The maximum Gasteiger partial charge on any atom is 0.127 e. The Morgan fingerprint density at radius 3 is 2.83 bits per heavy atom. The highest BCUT2D eigenvalue weighted by Crippen LogP contribution is 2.22. The van der Waals surface area contributed by atoms with Crippen LogP contribution in [0.25, 0.3) is 0 Å². The Hall–Kier alpha value is -1.95. The normalized spacial score (nSPS) is 10.3. The van der Waals surface area contributed by atoms with Crippen molar-refractivity contribution >= 4 is 17.6 Å². The predicted octanol–water partition coefficient (Wildman–Crippen LogP) is 2.19. The third kappa shape index (κ3) is 3.04. The summed E-state index contributed by atoms with van der Waals surface area (Å²) in [6.45, 7) is 0. The molecule has 2 rings (SSSR count). The second-order valence-corrected chi connectivity index (χ2v) is 4.55. The zero-order chi connectivity index (χ0) is 13.0. The van der Waals surface area contributed by atoms with Crippen LogP contribution in [0.1, 0.15) is 11.1 Å². The van der Waals surface area contributed by atoms with Crippen LogP contribution in [0, 0.1) is 11.2 Å². The zero-order valence-corrected chi connectivity index (χ0v) is 10.2. The fourth-order valence-electron chi connectivity index (χ4n) is 1.35. The average molecular weight is 262 g/mol. The molecule has 0 amide bonds. The van der Waals surface area contributed by atoms with E-state index in [1.807, 2.05) is 0 Å². The SMILES string of the molecule is N=C(N)c1ccc(CSc2ccncn2)c(F)c1. The lowest BCUT2D eigenvalue weighted by molar-refractivity contribution is 0.617. The Balaban J connectivity index is 2.08. The van der Waals surface area contributed by atoms with Crippen LogP contribution in [-0.2, 0) is 5.75 Å². The summed E-state index contributed by atoms with van der Waals surface area (Å²) in [5.74, 6) is -0.0192. The highest BCUT2D eigenvalue weighted by atomic mass is 32.2. The van der Waals surface area contributed by atoms with Gasteiger partial charge in [0.05, 0.1) is 5.03 Å². The van der Waals surface area contributed by atoms with Gasteiger partial charge < -0.3 is 5.73 Å². The first-order valence-electron chi connectivity index (χ1n) is 5.18. The maximum absolute atomic E-state index is 13.7. The molecule has 1 aromatic heterocycles. The number of aromatic nitrogens is 2. The number of thioether (sulfide) groups is 1. The van der Waals surface area contributed by atoms with E-state index in [2.05, 4.69) is 9.97 Å². The van der Waals surface area contributed by atoms with Crippen molar-refractivity contribution in [2.24, 2.45) is 5.73 Å². The molecule has 0 spiro atoms. The van der Waals surface area contributed by atoms with Crippen molar-refractivity contribution < 1.29 is 4.39 Å². The highest BCUT2D eigenvalue weighted by molar-refractivity contribution is 7.98. The Morgan fingerprint density at radius 1 is 1.39 bits per heavy atom. The molecule has 1 aromatic carbocycles. The van der Waals surface area contributed by atoms with Gasteiger partial charge in [-0.2, -0.15) is 0 Å². The van der Waals surface area contributed by atoms with E-state index in [-0.39, 0.29) is 11.7 Å². The molecule has 18 heavy (non-hydrogen) atoms. The van der Waals surface area contributed by atoms with Crippen molar-refractivity contribution in [3.8, 4) is 0 Å². The summed E-state index contributed by atoms with van der Waals surface area (Å²) in [6, 6.07) is 6.33. The van der Waals surface area contributed by atoms with Crippen LogP contribution in [0.15, 0.2) is 41.8 Å². The molecule has 4 nitrogen and oxygen atoms in total. The number of amidine groups is 1. The monoisotopic (exact) mass is 262 g/mol. The van der Waals surface area contributed by atoms with Crippen LogP contribution in [-0.4, -0.2) is 15.8 Å². The second kappa shape index (κ2) is 5.59. The smallest absolute Gasteiger partial charge is 0.127 e. The minimum absolute atomic E-state index is 0.135. The third-order valence-corrected chi connectivity index (χ3v) is 3.29. The van der Waals surface area contributed by atoms with Crippen LogP contribution >= 0.6 is 11.8 Å². The number of hydrogen-bond acceptors (Lipinski definition) is 4. The highest BCUT2D eigenvalue weighted by Gasteiger charge is 2.06. The summed E-state index contributed by atoms with van der Waals surface area (Å²) in [7, 11) is 0. The maximum atomic E-state index is 13.7. The summed E-state index contributed by atoms with van der Waals surface area (Å²) >= 11 is 1.43. The summed E-state index contributed by atoms with van der Waals surface area (Å²) < 4.78 is 13.7. The number of hydrogen-bond donors (Lipinski definition) is 2. The summed E-state index contributed by atoms with van der Waals surface area (Å²) in [4.78, 5) is 7.86. The quantitative estimate of drug-likeness (QED) is 0.383. The van der Waals surface area contributed by atoms with E-state index < -0.39 is 0 Å². The van der Waals surface area contributed by atoms with Crippen LogP contribution in [0.4, 0.5) is 4.39 Å². The molecule has 0 aliphatic rings. The van der Waals surface area contributed by atoms with E-state index in [1.54, 1.807) is 24.4 Å². The number of nitrogen functional groups attached to an aromatic ring is 1. The van der Waals surface area contributed by atoms with Crippen LogP contribution in [0.2, 0.25) is 0 Å². The van der Waals surface area contributed by atoms with Gasteiger partial charge in [-0.15, -0.1) is 11.8 Å². The fraction of sp³-hybridized carbons (Fsp3) is 0.0833. The molecule has 0 saturated heterocycles. The Labute approximate surface area is 108 Å². The minimum atomic E-state index is -0.357. The molecule has 0 saturated carbocycles. The lowest BCUT2D eigenvalue weighted by Gasteiger charge is -2.05. The van der Waals surface area contributed by atoms with Crippen molar-refractivity contribution in [1.29, 1.82) is 5.41 Å². The molecule has 0 radical (unpaired) electrons. The first kappa shape index (κ1) is 12.5. The van der Waals surface area contributed by atoms with E-state index in [0.29, 0.717) is 16.9 Å². The molecule has 0 aliphatic carbocycles. The molecule has 2 aromatic rings. The number of nitrogens with zero attached hydrogens (tertiary/aromatic N) is 2. The van der Waals surface area contributed by atoms with Gasteiger partial charge in [-0.1, -0.05) is 12.1 Å².